The molecule has 2 aliphatic rings. The molecule has 0 radical (unpaired) electrons. The zero-order chi connectivity index (χ0) is 28.3. The van der Waals surface area contributed by atoms with E-state index in [1.807, 2.05) is 0 Å². The average Bonchev–Trinajstić information content (AvgIpc) is 3.07. The summed E-state index contributed by atoms with van der Waals surface area (Å²) >= 11 is 0. The molecule has 0 aliphatic carbocycles. The quantitative estimate of drug-likeness (QED) is 0.158. The van der Waals surface area contributed by atoms with Crippen molar-refractivity contribution in [2.24, 2.45) is 5.92 Å². The molecule has 37 heavy (non-hydrogen) atoms. The van der Waals surface area contributed by atoms with Crippen LogP contribution in [-0.4, -0.2) is 80.1 Å². The highest BCUT2D eigenvalue weighted by Gasteiger charge is 2.80. The monoisotopic (exact) mass is 530 g/mol. The number of carboxylic acid groups (broad SMARTS) is 2. The maximum atomic E-state index is 13.9. The number of carbonyl (C=O) groups is 3. The summed E-state index contributed by atoms with van der Waals surface area (Å²) in [5.74, 6) is -7.72. The highest BCUT2D eigenvalue weighted by Crippen LogP contribution is 2.55. The van der Waals surface area contributed by atoms with Gasteiger partial charge >= 0.3 is 17.9 Å². The lowest BCUT2D eigenvalue weighted by atomic mass is 9.76. The van der Waals surface area contributed by atoms with Crippen LogP contribution in [0.2, 0.25) is 0 Å². The van der Waals surface area contributed by atoms with Crippen molar-refractivity contribution < 1.29 is 57.8 Å². The number of carbonyl (C=O) groups excluding carboxylic acids is 1. The molecule has 0 amide bonds. The number of carboxylic acids is 2. The van der Waals surface area contributed by atoms with Gasteiger partial charge in [0.1, 0.15) is 12.2 Å². The van der Waals surface area contributed by atoms with Crippen LogP contribution in [0.5, 0.6) is 0 Å². The van der Waals surface area contributed by atoms with E-state index in [2.05, 4.69) is 19.7 Å². The Morgan fingerprint density at radius 2 is 1.84 bits per heavy atom. The van der Waals surface area contributed by atoms with Gasteiger partial charge in [0.05, 0.1) is 0 Å². The summed E-state index contributed by atoms with van der Waals surface area (Å²) in [6.07, 6.45) is -5.61. The molecule has 2 bridgehead atoms. The Balaban J connectivity index is 2.38. The van der Waals surface area contributed by atoms with Gasteiger partial charge in [-0.1, -0.05) is 44.9 Å². The normalized spacial score (nSPS) is 32.9. The van der Waals surface area contributed by atoms with E-state index in [-0.39, 0.29) is 17.9 Å². The average molecular weight is 531 g/mol. The Bertz CT molecular complexity index is 994. The van der Waals surface area contributed by atoms with E-state index in [0.717, 1.165) is 5.57 Å². The van der Waals surface area contributed by atoms with Crippen LogP contribution in [-0.2, 0) is 28.6 Å². The Morgan fingerprint density at radius 3 is 2.30 bits per heavy atom. The zero-order valence-electron chi connectivity index (χ0n) is 20.6. The molecule has 0 saturated carbocycles. The minimum absolute atomic E-state index is 0.162. The van der Waals surface area contributed by atoms with Crippen LogP contribution in [0.25, 0.3) is 0 Å². The molecule has 4 N–H and O–H groups in total. The largest absolute Gasteiger partial charge is 0.479 e. The number of halogens is 2. The third kappa shape index (κ3) is 5.37. The molecule has 0 spiro atoms. The number of aliphatic hydroxyl groups excluding tert-OH is 1. The second-order valence-corrected chi connectivity index (χ2v) is 9.26. The van der Waals surface area contributed by atoms with Gasteiger partial charge in [0.15, 0.2) is 11.9 Å². The van der Waals surface area contributed by atoms with Crippen molar-refractivity contribution in [1.29, 1.82) is 0 Å². The van der Waals surface area contributed by atoms with Crippen LogP contribution < -0.4 is 0 Å². The number of ether oxygens (including phenoxy) is 3. The van der Waals surface area contributed by atoms with Crippen molar-refractivity contribution in [2.75, 3.05) is 0 Å². The summed E-state index contributed by atoms with van der Waals surface area (Å²) < 4.78 is 43.8. The summed E-state index contributed by atoms with van der Waals surface area (Å²) in [6.45, 7) is 14.2. The lowest BCUT2D eigenvalue weighted by Gasteiger charge is -2.49. The Labute approximate surface area is 212 Å². The second-order valence-electron chi connectivity index (χ2n) is 9.26. The van der Waals surface area contributed by atoms with E-state index >= 15 is 0 Å². The molecule has 0 aromatic carbocycles. The first-order valence-electron chi connectivity index (χ1n) is 11.4. The summed E-state index contributed by atoms with van der Waals surface area (Å²) in [4.78, 5) is 35.7. The molecule has 206 valence electrons. The van der Waals surface area contributed by atoms with E-state index in [9.17, 15) is 43.6 Å². The maximum Gasteiger partial charge on any atom is 0.342 e. The first-order valence-corrected chi connectivity index (χ1v) is 11.4. The van der Waals surface area contributed by atoms with Crippen LogP contribution in [0.4, 0.5) is 8.78 Å². The molecule has 0 aromatic rings. The Kier molecular flexibility index (Phi) is 9.18. The molecular formula is C25H32F2O10. The molecule has 2 aliphatic heterocycles. The van der Waals surface area contributed by atoms with Crippen LogP contribution in [0.15, 0.2) is 49.1 Å². The third-order valence-corrected chi connectivity index (χ3v) is 6.75. The second kappa shape index (κ2) is 11.2. The van der Waals surface area contributed by atoms with Gasteiger partial charge in [-0.05, 0) is 24.0 Å². The summed E-state index contributed by atoms with van der Waals surface area (Å²) in [5.41, 5.74) is -5.75. The molecule has 2 fully saturated rings. The number of fused-ring (bicyclic) bond motifs is 2. The number of rotatable bonds is 13. The lowest BCUT2D eigenvalue weighted by Crippen LogP contribution is -2.75. The molecule has 10 nitrogen and oxygen atoms in total. The van der Waals surface area contributed by atoms with Gasteiger partial charge in [0, 0.05) is 25.7 Å². The van der Waals surface area contributed by atoms with Crippen molar-refractivity contribution >= 4 is 17.9 Å². The molecule has 2 heterocycles. The first kappa shape index (κ1) is 30.3. The lowest BCUT2D eigenvalue weighted by molar-refractivity contribution is -0.390. The fourth-order valence-corrected chi connectivity index (χ4v) is 4.90. The fraction of sp³-hybridized carbons (Fsp3) is 0.560. The highest BCUT2D eigenvalue weighted by atomic mass is 19.3. The molecule has 2 rings (SSSR count). The topological polar surface area (TPSA) is 160 Å². The van der Waals surface area contributed by atoms with E-state index in [4.69, 9.17) is 14.2 Å². The molecular weight excluding hydrogens is 498 g/mol. The van der Waals surface area contributed by atoms with Gasteiger partial charge in [0.2, 0.25) is 11.2 Å². The van der Waals surface area contributed by atoms with E-state index in [1.54, 1.807) is 25.2 Å². The molecule has 7 atom stereocenters. The minimum Gasteiger partial charge on any atom is -0.479 e. The first-order chi connectivity index (χ1) is 17.1. The number of alkyl halides is 2. The van der Waals surface area contributed by atoms with Crippen LogP contribution in [0.3, 0.4) is 0 Å². The third-order valence-electron chi connectivity index (χ3n) is 6.75. The standard InChI is InChI=1S/C25H32F2O10/c1-6-8-16(7-2)11-14(4)18(35-15(5)28)13(3)9-10-24-17(29)12-23(37-24,21(30)31)25(34,22(32)33)19(36-24)20(26)27/h6-8,14,17-20,29,34H,1-3,9-12H2,4-5H3,(H,30,31)(H,32,33)/b16-8+/t14-,17-,18-,19?,23?,24?,25?/m1/s1. The smallest absolute Gasteiger partial charge is 0.342 e. The van der Waals surface area contributed by atoms with Gasteiger partial charge in [-0.3, -0.25) is 4.79 Å². The van der Waals surface area contributed by atoms with Gasteiger partial charge in [-0.2, -0.15) is 0 Å². The molecule has 4 unspecified atom stereocenters. The number of hydrogen-bond acceptors (Lipinski definition) is 8. The van der Waals surface area contributed by atoms with Crippen molar-refractivity contribution in [3.05, 3.63) is 49.1 Å². The minimum atomic E-state index is -3.70. The predicted octanol–water partition coefficient (Wildman–Crippen LogP) is 2.36. The molecule has 12 heteroatoms. The van der Waals surface area contributed by atoms with Gasteiger partial charge < -0.3 is 34.6 Å². The number of aliphatic carboxylic acids is 2. The van der Waals surface area contributed by atoms with E-state index in [0.29, 0.717) is 6.42 Å². The van der Waals surface area contributed by atoms with Crippen LogP contribution in [0, 0.1) is 5.92 Å². The summed E-state index contributed by atoms with van der Waals surface area (Å²) in [7, 11) is 0. The zero-order valence-corrected chi connectivity index (χ0v) is 20.6. The Hall–Kier alpha value is -2.93. The number of aliphatic hydroxyl groups is 2. The Morgan fingerprint density at radius 1 is 1.22 bits per heavy atom. The van der Waals surface area contributed by atoms with Gasteiger partial charge in [-0.15, -0.1) is 0 Å². The summed E-state index contributed by atoms with van der Waals surface area (Å²) in [6, 6.07) is 0. The predicted molar refractivity (Wildman–Crippen MR) is 124 cm³/mol. The number of esters is 1. The highest BCUT2D eigenvalue weighted by molar-refractivity contribution is 5.92. The van der Waals surface area contributed by atoms with Crippen LogP contribution in [0.1, 0.15) is 39.5 Å². The molecule has 2 saturated heterocycles. The van der Waals surface area contributed by atoms with Gasteiger partial charge in [-0.25, -0.2) is 18.4 Å². The number of allylic oxidation sites excluding steroid dienone is 4. The van der Waals surface area contributed by atoms with E-state index in [1.165, 1.54) is 6.92 Å². The van der Waals surface area contributed by atoms with E-state index < -0.39 is 72.5 Å². The van der Waals surface area contributed by atoms with Gasteiger partial charge in [0.25, 0.3) is 6.43 Å². The number of hydrogen-bond donors (Lipinski definition) is 4. The van der Waals surface area contributed by atoms with Crippen molar-refractivity contribution in [1.82, 2.24) is 0 Å². The fourth-order valence-electron chi connectivity index (χ4n) is 4.90. The van der Waals surface area contributed by atoms with Crippen molar-refractivity contribution in [3.8, 4) is 0 Å². The van der Waals surface area contributed by atoms with Crippen molar-refractivity contribution in [3.63, 3.8) is 0 Å². The van der Waals surface area contributed by atoms with Crippen molar-refractivity contribution in [2.45, 2.75) is 81.3 Å². The van der Waals surface area contributed by atoms with Crippen LogP contribution >= 0.6 is 0 Å². The maximum absolute atomic E-state index is 13.9. The molecule has 0 aromatic heterocycles. The summed E-state index contributed by atoms with van der Waals surface area (Å²) in [5, 5.41) is 40.7. The SMILES string of the molecule is C=C/C=C(\C=C)C[C@@H](C)[C@H](OC(C)=O)C(=C)CCC12OC(C(F)F)C(O)(C(=O)O)C(C(=O)O)(C[C@H]1O)O2.